The van der Waals surface area contributed by atoms with Crippen molar-refractivity contribution in [3.05, 3.63) is 29.8 Å². The molecule has 1 saturated heterocycles. The number of nitrogens with one attached hydrogen (secondary N) is 1. The lowest BCUT2D eigenvalue weighted by Gasteiger charge is -2.22. The highest BCUT2D eigenvalue weighted by molar-refractivity contribution is 6.00. The van der Waals surface area contributed by atoms with Crippen LogP contribution in [0.2, 0.25) is 0 Å². The van der Waals surface area contributed by atoms with E-state index in [1.54, 1.807) is 4.90 Å². The number of nitrogens with zero attached hydrogens (tertiary/aromatic N) is 1. The van der Waals surface area contributed by atoms with Crippen molar-refractivity contribution in [3.63, 3.8) is 0 Å². The molecule has 0 radical (unpaired) electrons. The van der Waals surface area contributed by atoms with E-state index in [2.05, 4.69) is 12.2 Å². The molecule has 0 aliphatic carbocycles. The van der Waals surface area contributed by atoms with E-state index >= 15 is 0 Å². The van der Waals surface area contributed by atoms with Gasteiger partial charge in [0.05, 0.1) is 11.0 Å². The van der Waals surface area contributed by atoms with Crippen molar-refractivity contribution in [1.29, 1.82) is 0 Å². The van der Waals surface area contributed by atoms with E-state index in [-0.39, 0.29) is 11.8 Å². The van der Waals surface area contributed by atoms with Crippen molar-refractivity contribution < 1.29 is 9.59 Å². The minimum Gasteiger partial charge on any atom is -0.384 e. The number of hydrogen-bond acceptors (Lipinski definition) is 3. The highest BCUT2D eigenvalue weighted by Crippen LogP contribution is 2.31. The van der Waals surface area contributed by atoms with Gasteiger partial charge in [0.2, 0.25) is 5.91 Å². The third-order valence-electron chi connectivity index (χ3n) is 4.08. The van der Waals surface area contributed by atoms with Gasteiger partial charge in [0.25, 0.3) is 5.91 Å². The Hall–Kier alpha value is -2.04. The molecule has 5 heteroatoms. The van der Waals surface area contributed by atoms with Crippen LogP contribution in [0.15, 0.2) is 24.3 Å². The van der Waals surface area contributed by atoms with Crippen molar-refractivity contribution in [2.45, 2.75) is 26.7 Å². The number of primary amides is 1. The van der Waals surface area contributed by atoms with Gasteiger partial charge in [0, 0.05) is 25.3 Å². The minimum absolute atomic E-state index is 0.0424. The number of rotatable bonds is 5. The van der Waals surface area contributed by atoms with Gasteiger partial charge < -0.3 is 16.0 Å². The zero-order chi connectivity index (χ0) is 15.5. The SMILES string of the molecule is CCCNc1ccccc1C(=O)N1CCC(C)(C(N)=O)C1. The summed E-state index contributed by atoms with van der Waals surface area (Å²) >= 11 is 0. The van der Waals surface area contributed by atoms with Gasteiger partial charge in [-0.25, -0.2) is 0 Å². The average molecular weight is 289 g/mol. The van der Waals surface area contributed by atoms with Gasteiger partial charge in [0.1, 0.15) is 0 Å². The summed E-state index contributed by atoms with van der Waals surface area (Å²) in [6, 6.07) is 7.49. The van der Waals surface area contributed by atoms with Crippen molar-refractivity contribution in [3.8, 4) is 0 Å². The second kappa shape index (κ2) is 6.16. The van der Waals surface area contributed by atoms with Gasteiger partial charge in [-0.15, -0.1) is 0 Å². The van der Waals surface area contributed by atoms with Crippen molar-refractivity contribution in [1.82, 2.24) is 4.90 Å². The van der Waals surface area contributed by atoms with Crippen LogP contribution in [-0.2, 0) is 4.79 Å². The zero-order valence-corrected chi connectivity index (χ0v) is 12.7. The molecule has 114 valence electrons. The van der Waals surface area contributed by atoms with E-state index < -0.39 is 5.41 Å². The molecule has 1 aliphatic heterocycles. The molecule has 1 unspecified atom stereocenters. The monoisotopic (exact) mass is 289 g/mol. The van der Waals surface area contributed by atoms with Crippen LogP contribution in [0.25, 0.3) is 0 Å². The van der Waals surface area contributed by atoms with Crippen LogP contribution in [0.1, 0.15) is 37.0 Å². The van der Waals surface area contributed by atoms with Crippen molar-refractivity contribution >= 4 is 17.5 Å². The normalized spacial score (nSPS) is 21.3. The highest BCUT2D eigenvalue weighted by Gasteiger charge is 2.41. The first kappa shape index (κ1) is 15.4. The molecule has 0 saturated carbocycles. The second-order valence-corrected chi connectivity index (χ2v) is 5.87. The summed E-state index contributed by atoms with van der Waals surface area (Å²) < 4.78 is 0. The Balaban J connectivity index is 2.16. The van der Waals surface area contributed by atoms with Crippen LogP contribution in [0.3, 0.4) is 0 Å². The molecule has 5 nitrogen and oxygen atoms in total. The molecule has 1 aromatic carbocycles. The summed E-state index contributed by atoms with van der Waals surface area (Å²) in [7, 11) is 0. The van der Waals surface area contributed by atoms with E-state index in [9.17, 15) is 9.59 Å². The predicted molar refractivity (Wildman–Crippen MR) is 83.0 cm³/mol. The molecule has 3 N–H and O–H groups in total. The molecule has 1 aromatic rings. The van der Waals surface area contributed by atoms with Crippen LogP contribution in [0.4, 0.5) is 5.69 Å². The molecule has 0 bridgehead atoms. The molecule has 1 heterocycles. The van der Waals surface area contributed by atoms with Gasteiger partial charge in [-0.3, -0.25) is 9.59 Å². The summed E-state index contributed by atoms with van der Waals surface area (Å²) in [4.78, 5) is 25.9. The number of amides is 2. The molecule has 21 heavy (non-hydrogen) atoms. The van der Waals surface area contributed by atoms with E-state index in [0.29, 0.717) is 25.1 Å². The maximum atomic E-state index is 12.7. The Morgan fingerprint density at radius 3 is 2.71 bits per heavy atom. The molecule has 2 rings (SSSR count). The first-order valence-electron chi connectivity index (χ1n) is 7.40. The largest absolute Gasteiger partial charge is 0.384 e. The number of nitrogens with two attached hydrogens (primary N) is 1. The molecule has 2 amide bonds. The molecule has 1 aliphatic rings. The molecule has 0 aromatic heterocycles. The van der Waals surface area contributed by atoms with Gasteiger partial charge in [-0.05, 0) is 31.9 Å². The van der Waals surface area contributed by atoms with Crippen LogP contribution in [-0.4, -0.2) is 36.3 Å². The summed E-state index contributed by atoms with van der Waals surface area (Å²) in [5, 5.41) is 3.27. The quantitative estimate of drug-likeness (QED) is 0.868. The third kappa shape index (κ3) is 3.17. The van der Waals surface area contributed by atoms with Gasteiger partial charge >= 0.3 is 0 Å². The second-order valence-electron chi connectivity index (χ2n) is 5.87. The molecule has 0 spiro atoms. The Bertz CT molecular complexity index is 544. The number of benzene rings is 1. The smallest absolute Gasteiger partial charge is 0.255 e. The number of carbonyl (C=O) groups excluding carboxylic acids is 2. The number of likely N-dealkylation sites (tertiary alicyclic amines) is 1. The van der Waals surface area contributed by atoms with Crippen molar-refractivity contribution in [2.75, 3.05) is 25.0 Å². The van der Waals surface area contributed by atoms with Gasteiger partial charge in [0.15, 0.2) is 0 Å². The topological polar surface area (TPSA) is 75.4 Å². The van der Waals surface area contributed by atoms with E-state index in [0.717, 1.165) is 18.7 Å². The van der Waals surface area contributed by atoms with Crippen molar-refractivity contribution in [2.24, 2.45) is 11.1 Å². The summed E-state index contributed by atoms with van der Waals surface area (Å²) in [5.41, 5.74) is 6.33. The maximum Gasteiger partial charge on any atom is 0.255 e. The first-order chi connectivity index (χ1) is 9.98. The molecular weight excluding hydrogens is 266 g/mol. The van der Waals surface area contributed by atoms with E-state index in [1.807, 2.05) is 31.2 Å². The fourth-order valence-electron chi connectivity index (χ4n) is 2.59. The fourth-order valence-corrected chi connectivity index (χ4v) is 2.59. The molecule has 1 atom stereocenters. The third-order valence-corrected chi connectivity index (χ3v) is 4.08. The summed E-state index contributed by atoms with van der Waals surface area (Å²) in [6.45, 7) is 5.69. The lowest BCUT2D eigenvalue weighted by atomic mass is 9.89. The van der Waals surface area contributed by atoms with Gasteiger partial charge in [-0.1, -0.05) is 19.1 Å². The minimum atomic E-state index is -0.610. The van der Waals surface area contributed by atoms with Crippen LogP contribution in [0.5, 0.6) is 0 Å². The van der Waals surface area contributed by atoms with Crippen LogP contribution >= 0.6 is 0 Å². The highest BCUT2D eigenvalue weighted by atomic mass is 16.2. The standard InChI is InChI=1S/C16H23N3O2/c1-3-9-18-13-7-5-4-6-12(13)14(20)19-10-8-16(2,11-19)15(17)21/h4-7,18H,3,8-11H2,1-2H3,(H2,17,21). The maximum absolute atomic E-state index is 12.7. The predicted octanol–water partition coefficient (Wildman–Crippen LogP) is 1.85. The van der Waals surface area contributed by atoms with Gasteiger partial charge in [-0.2, -0.15) is 0 Å². The average Bonchev–Trinajstić information content (AvgIpc) is 2.89. The zero-order valence-electron chi connectivity index (χ0n) is 12.7. The lowest BCUT2D eigenvalue weighted by Crippen LogP contribution is -2.38. The lowest BCUT2D eigenvalue weighted by molar-refractivity contribution is -0.126. The Kier molecular flexibility index (Phi) is 4.50. The first-order valence-corrected chi connectivity index (χ1v) is 7.40. The Labute approximate surface area is 125 Å². The number of hydrogen-bond donors (Lipinski definition) is 2. The molecule has 1 fully saturated rings. The number of para-hydroxylation sites is 1. The van der Waals surface area contributed by atoms with Crippen LogP contribution in [0, 0.1) is 5.41 Å². The van der Waals surface area contributed by atoms with E-state index in [4.69, 9.17) is 5.73 Å². The fraction of sp³-hybridized carbons (Fsp3) is 0.500. The summed E-state index contributed by atoms with van der Waals surface area (Å²) in [6.07, 6.45) is 1.62. The number of anilines is 1. The Morgan fingerprint density at radius 2 is 2.10 bits per heavy atom. The number of carbonyl (C=O) groups is 2. The van der Waals surface area contributed by atoms with Crippen LogP contribution < -0.4 is 11.1 Å². The summed E-state index contributed by atoms with van der Waals surface area (Å²) in [5.74, 6) is -0.380. The molecular formula is C16H23N3O2. The van der Waals surface area contributed by atoms with E-state index in [1.165, 1.54) is 0 Å². The Morgan fingerprint density at radius 1 is 1.38 bits per heavy atom.